The van der Waals surface area contributed by atoms with Gasteiger partial charge >= 0.3 is 0 Å². The molecule has 0 unspecified atom stereocenters. The second kappa shape index (κ2) is 3.43. The minimum absolute atomic E-state index is 0.0706. The predicted octanol–water partition coefficient (Wildman–Crippen LogP) is 2.25. The first-order valence-corrected chi connectivity index (χ1v) is 5.29. The number of fused-ring (bicyclic) bond motifs is 1. The third-order valence-corrected chi connectivity index (χ3v) is 3.78. The van der Waals surface area contributed by atoms with Crippen molar-refractivity contribution >= 4 is 0 Å². The van der Waals surface area contributed by atoms with Crippen molar-refractivity contribution in [2.75, 3.05) is 6.61 Å². The molecule has 0 saturated carbocycles. The molecule has 0 aromatic rings. The van der Waals surface area contributed by atoms with E-state index in [1.54, 1.807) is 6.26 Å². The molecule has 0 spiro atoms. The molecule has 1 heterocycles. The molecule has 1 N–H and O–H groups in total. The van der Waals surface area contributed by atoms with E-state index in [1.807, 2.05) is 0 Å². The third-order valence-electron chi connectivity index (χ3n) is 3.78. The first kappa shape index (κ1) is 9.78. The number of rotatable bonds is 1. The molecule has 0 saturated heterocycles. The summed E-state index contributed by atoms with van der Waals surface area (Å²) in [6.45, 7) is 4.51. The molecular formula is C12H18O2. The second-order valence-corrected chi connectivity index (χ2v) is 4.58. The summed E-state index contributed by atoms with van der Waals surface area (Å²) in [5.74, 6) is 0.399. The van der Waals surface area contributed by atoms with Crippen LogP contribution in [0.2, 0.25) is 0 Å². The summed E-state index contributed by atoms with van der Waals surface area (Å²) in [5, 5.41) is 9.59. The fourth-order valence-electron chi connectivity index (χ4n) is 2.49. The van der Waals surface area contributed by atoms with E-state index in [-0.39, 0.29) is 18.1 Å². The van der Waals surface area contributed by atoms with Gasteiger partial charge in [0.25, 0.3) is 0 Å². The monoisotopic (exact) mass is 194 g/mol. The molecule has 1 aliphatic heterocycles. The SMILES string of the molecule is CC1=C[C@H]2OC=C[C@H](C)[C@]2(CO)CC1. The Bertz CT molecular complexity index is 280. The topological polar surface area (TPSA) is 29.5 Å². The zero-order valence-corrected chi connectivity index (χ0v) is 8.86. The average molecular weight is 194 g/mol. The van der Waals surface area contributed by atoms with E-state index in [4.69, 9.17) is 4.74 Å². The van der Waals surface area contributed by atoms with Crippen LogP contribution < -0.4 is 0 Å². The van der Waals surface area contributed by atoms with Crippen molar-refractivity contribution in [1.29, 1.82) is 0 Å². The minimum Gasteiger partial charge on any atom is -0.494 e. The molecule has 0 amide bonds. The Labute approximate surface area is 85.3 Å². The van der Waals surface area contributed by atoms with Gasteiger partial charge in [-0.1, -0.05) is 12.5 Å². The molecule has 2 rings (SSSR count). The van der Waals surface area contributed by atoms with Gasteiger partial charge in [-0.15, -0.1) is 0 Å². The molecule has 2 aliphatic rings. The van der Waals surface area contributed by atoms with Crippen molar-refractivity contribution in [2.45, 2.75) is 32.8 Å². The van der Waals surface area contributed by atoms with Crippen LogP contribution in [0.5, 0.6) is 0 Å². The van der Waals surface area contributed by atoms with Crippen molar-refractivity contribution in [2.24, 2.45) is 11.3 Å². The first-order chi connectivity index (χ1) is 6.69. The van der Waals surface area contributed by atoms with Crippen molar-refractivity contribution in [3.05, 3.63) is 24.0 Å². The highest BCUT2D eigenvalue weighted by Crippen LogP contribution is 2.45. The number of ether oxygens (including phenoxy) is 1. The number of aliphatic hydroxyl groups is 1. The fourth-order valence-corrected chi connectivity index (χ4v) is 2.49. The zero-order chi connectivity index (χ0) is 10.2. The maximum atomic E-state index is 9.59. The van der Waals surface area contributed by atoms with Gasteiger partial charge in [0.1, 0.15) is 6.10 Å². The van der Waals surface area contributed by atoms with Gasteiger partial charge in [0.2, 0.25) is 0 Å². The Morgan fingerprint density at radius 1 is 1.64 bits per heavy atom. The quantitative estimate of drug-likeness (QED) is 0.649. The van der Waals surface area contributed by atoms with Crippen molar-refractivity contribution in [1.82, 2.24) is 0 Å². The van der Waals surface area contributed by atoms with Crippen molar-refractivity contribution in [3.8, 4) is 0 Å². The molecule has 0 bridgehead atoms. The van der Waals surface area contributed by atoms with E-state index in [0.717, 1.165) is 12.8 Å². The maximum Gasteiger partial charge on any atom is 0.125 e. The Morgan fingerprint density at radius 2 is 2.43 bits per heavy atom. The largest absolute Gasteiger partial charge is 0.494 e. The predicted molar refractivity (Wildman–Crippen MR) is 55.7 cm³/mol. The summed E-state index contributed by atoms with van der Waals surface area (Å²) in [7, 11) is 0. The number of aliphatic hydroxyl groups excluding tert-OH is 1. The van der Waals surface area contributed by atoms with Crippen LogP contribution >= 0.6 is 0 Å². The van der Waals surface area contributed by atoms with Gasteiger partial charge in [0.15, 0.2) is 0 Å². The zero-order valence-electron chi connectivity index (χ0n) is 8.86. The third kappa shape index (κ3) is 1.29. The van der Waals surface area contributed by atoms with Crippen molar-refractivity contribution in [3.63, 3.8) is 0 Å². The van der Waals surface area contributed by atoms with Crippen LogP contribution in [0.15, 0.2) is 24.0 Å². The van der Waals surface area contributed by atoms with Gasteiger partial charge in [-0.2, -0.15) is 0 Å². The van der Waals surface area contributed by atoms with Crippen LogP contribution in [-0.4, -0.2) is 17.8 Å². The highest BCUT2D eigenvalue weighted by atomic mass is 16.5. The molecule has 1 aliphatic carbocycles. The lowest BCUT2D eigenvalue weighted by Crippen LogP contribution is -2.47. The summed E-state index contributed by atoms with van der Waals surface area (Å²) in [6.07, 6.45) is 8.18. The van der Waals surface area contributed by atoms with Crippen LogP contribution in [0.4, 0.5) is 0 Å². The smallest absolute Gasteiger partial charge is 0.125 e. The van der Waals surface area contributed by atoms with Crippen molar-refractivity contribution < 1.29 is 9.84 Å². The summed E-state index contributed by atoms with van der Waals surface area (Å²) in [4.78, 5) is 0. The summed E-state index contributed by atoms with van der Waals surface area (Å²) in [5.41, 5.74) is 1.30. The van der Waals surface area contributed by atoms with E-state index in [0.29, 0.717) is 5.92 Å². The van der Waals surface area contributed by atoms with Gasteiger partial charge in [0.05, 0.1) is 12.9 Å². The van der Waals surface area contributed by atoms with Gasteiger partial charge < -0.3 is 9.84 Å². The van der Waals surface area contributed by atoms with Gasteiger partial charge in [-0.3, -0.25) is 0 Å². The van der Waals surface area contributed by atoms with Crippen LogP contribution in [0.3, 0.4) is 0 Å². The number of hydrogen-bond acceptors (Lipinski definition) is 2. The molecule has 0 aromatic heterocycles. The lowest BCUT2D eigenvalue weighted by atomic mass is 9.65. The Morgan fingerprint density at radius 3 is 3.14 bits per heavy atom. The van der Waals surface area contributed by atoms with E-state index >= 15 is 0 Å². The van der Waals surface area contributed by atoms with E-state index in [1.165, 1.54) is 5.57 Å². The standard InChI is InChI=1S/C12H18O2/c1-9-3-5-12(8-13)10(2)4-6-14-11(12)7-9/h4,6-7,10-11,13H,3,5,8H2,1-2H3/t10-,11+,12+/m0/s1. The van der Waals surface area contributed by atoms with Gasteiger partial charge in [0, 0.05) is 5.41 Å². The lowest BCUT2D eigenvalue weighted by molar-refractivity contribution is -0.0503. The highest BCUT2D eigenvalue weighted by Gasteiger charge is 2.45. The van der Waals surface area contributed by atoms with Gasteiger partial charge in [-0.05, 0) is 37.8 Å². The average Bonchev–Trinajstić information content (AvgIpc) is 2.18. The molecule has 2 heteroatoms. The Kier molecular flexibility index (Phi) is 2.40. The van der Waals surface area contributed by atoms with Crippen LogP contribution in [0, 0.1) is 11.3 Å². The molecule has 3 atom stereocenters. The van der Waals surface area contributed by atoms with Crippen LogP contribution in [-0.2, 0) is 4.74 Å². The summed E-state index contributed by atoms with van der Waals surface area (Å²) >= 11 is 0. The molecule has 0 aromatic carbocycles. The Balaban J connectivity index is 2.35. The second-order valence-electron chi connectivity index (χ2n) is 4.58. The first-order valence-electron chi connectivity index (χ1n) is 5.29. The number of hydrogen-bond donors (Lipinski definition) is 1. The summed E-state index contributed by atoms with van der Waals surface area (Å²) in [6, 6.07) is 0. The van der Waals surface area contributed by atoms with E-state index in [9.17, 15) is 5.11 Å². The molecule has 78 valence electrons. The highest BCUT2D eigenvalue weighted by molar-refractivity contribution is 5.18. The normalized spacial score (nSPS) is 41.2. The van der Waals surface area contributed by atoms with E-state index < -0.39 is 0 Å². The maximum absolute atomic E-state index is 9.59. The number of allylic oxidation sites excluding steroid dienone is 2. The molecular weight excluding hydrogens is 176 g/mol. The lowest BCUT2D eigenvalue weighted by Gasteiger charge is -2.46. The molecule has 0 radical (unpaired) electrons. The fraction of sp³-hybridized carbons (Fsp3) is 0.667. The summed E-state index contributed by atoms with van der Waals surface area (Å²) < 4.78 is 5.60. The van der Waals surface area contributed by atoms with Gasteiger partial charge in [-0.25, -0.2) is 0 Å². The minimum atomic E-state index is -0.0751. The Hall–Kier alpha value is -0.760. The van der Waals surface area contributed by atoms with E-state index in [2.05, 4.69) is 26.0 Å². The molecule has 0 fully saturated rings. The molecule has 2 nitrogen and oxygen atoms in total. The van der Waals surface area contributed by atoms with Crippen LogP contribution in [0.1, 0.15) is 26.7 Å². The molecule has 14 heavy (non-hydrogen) atoms. The van der Waals surface area contributed by atoms with Crippen LogP contribution in [0.25, 0.3) is 0 Å².